The molecule has 2 N–H and O–H groups in total. The minimum atomic E-state index is -0.987. The van der Waals surface area contributed by atoms with Crippen molar-refractivity contribution in [2.24, 2.45) is 0 Å². The van der Waals surface area contributed by atoms with Gasteiger partial charge in [0.05, 0.1) is 32.5 Å². The summed E-state index contributed by atoms with van der Waals surface area (Å²) in [5, 5.41) is 12.3. The number of benzene rings is 1. The van der Waals surface area contributed by atoms with Gasteiger partial charge < -0.3 is 24.6 Å². The van der Waals surface area contributed by atoms with Crippen molar-refractivity contribution in [3.63, 3.8) is 0 Å². The maximum atomic E-state index is 12.1. The lowest BCUT2D eigenvalue weighted by Crippen LogP contribution is -2.38. The quantitative estimate of drug-likeness (QED) is 0.820. The van der Waals surface area contributed by atoms with Gasteiger partial charge in [0.15, 0.2) is 11.5 Å². The lowest BCUT2D eigenvalue weighted by molar-refractivity contribution is 0.0692. The third-order valence-corrected chi connectivity index (χ3v) is 2.63. The summed E-state index contributed by atoms with van der Waals surface area (Å²) >= 11 is 0. The van der Waals surface area contributed by atoms with Crippen LogP contribution < -0.4 is 19.5 Å². The molecule has 0 heterocycles. The SMILES string of the molecule is COc1ccc(C(=O)NCC(C)(C)O)c(OC)c1OC. The molecule has 1 rings (SSSR count). The van der Waals surface area contributed by atoms with Gasteiger partial charge in [0.1, 0.15) is 0 Å². The van der Waals surface area contributed by atoms with Crippen LogP contribution in [0.15, 0.2) is 12.1 Å². The number of nitrogens with one attached hydrogen (secondary N) is 1. The zero-order valence-corrected chi connectivity index (χ0v) is 12.4. The van der Waals surface area contributed by atoms with E-state index < -0.39 is 5.60 Å². The third kappa shape index (κ3) is 3.77. The highest BCUT2D eigenvalue weighted by Crippen LogP contribution is 2.39. The molecule has 20 heavy (non-hydrogen) atoms. The topological polar surface area (TPSA) is 77.0 Å². The van der Waals surface area contributed by atoms with E-state index in [0.717, 1.165) is 0 Å². The van der Waals surface area contributed by atoms with Crippen molar-refractivity contribution < 1.29 is 24.1 Å². The minimum Gasteiger partial charge on any atom is -0.493 e. The molecule has 0 aliphatic carbocycles. The number of carbonyl (C=O) groups excluding carboxylic acids is 1. The van der Waals surface area contributed by atoms with Crippen molar-refractivity contribution in [2.45, 2.75) is 19.4 Å². The van der Waals surface area contributed by atoms with E-state index in [0.29, 0.717) is 22.8 Å². The Labute approximate surface area is 118 Å². The van der Waals surface area contributed by atoms with Crippen LogP contribution in [0.25, 0.3) is 0 Å². The highest BCUT2D eigenvalue weighted by atomic mass is 16.5. The van der Waals surface area contributed by atoms with Gasteiger partial charge in [-0.25, -0.2) is 0 Å². The molecule has 0 bridgehead atoms. The second-order valence-corrected chi connectivity index (χ2v) is 4.88. The van der Waals surface area contributed by atoms with Crippen molar-refractivity contribution in [1.29, 1.82) is 0 Å². The Morgan fingerprint density at radius 1 is 1.15 bits per heavy atom. The van der Waals surface area contributed by atoms with Gasteiger partial charge in [-0.1, -0.05) is 0 Å². The third-order valence-electron chi connectivity index (χ3n) is 2.63. The zero-order chi connectivity index (χ0) is 15.3. The number of methoxy groups -OCH3 is 3. The molecule has 0 aliphatic heterocycles. The largest absolute Gasteiger partial charge is 0.493 e. The van der Waals surface area contributed by atoms with E-state index in [9.17, 15) is 9.90 Å². The number of hydrogen-bond donors (Lipinski definition) is 2. The van der Waals surface area contributed by atoms with Crippen molar-refractivity contribution >= 4 is 5.91 Å². The molecule has 0 atom stereocenters. The average molecular weight is 283 g/mol. The van der Waals surface area contributed by atoms with Crippen molar-refractivity contribution in [3.8, 4) is 17.2 Å². The van der Waals surface area contributed by atoms with E-state index in [-0.39, 0.29) is 12.5 Å². The first-order valence-corrected chi connectivity index (χ1v) is 6.13. The first-order valence-electron chi connectivity index (χ1n) is 6.13. The molecule has 0 spiro atoms. The molecular weight excluding hydrogens is 262 g/mol. The number of carbonyl (C=O) groups is 1. The van der Waals surface area contributed by atoms with Gasteiger partial charge in [0, 0.05) is 6.54 Å². The molecule has 0 aromatic heterocycles. The predicted molar refractivity (Wildman–Crippen MR) is 74.7 cm³/mol. The molecule has 1 amide bonds. The fourth-order valence-electron chi connectivity index (χ4n) is 1.67. The molecule has 0 saturated heterocycles. The highest BCUT2D eigenvalue weighted by Gasteiger charge is 2.22. The molecule has 0 aliphatic rings. The number of rotatable bonds is 6. The van der Waals surface area contributed by atoms with Gasteiger partial charge in [0.2, 0.25) is 5.75 Å². The van der Waals surface area contributed by atoms with E-state index in [4.69, 9.17) is 14.2 Å². The summed E-state index contributed by atoms with van der Waals surface area (Å²) in [5.41, 5.74) is -0.672. The summed E-state index contributed by atoms with van der Waals surface area (Å²) in [6, 6.07) is 3.21. The summed E-state index contributed by atoms with van der Waals surface area (Å²) < 4.78 is 15.6. The predicted octanol–water partition coefficient (Wildman–Crippen LogP) is 1.21. The van der Waals surface area contributed by atoms with E-state index in [2.05, 4.69) is 5.32 Å². The normalized spacial score (nSPS) is 10.9. The van der Waals surface area contributed by atoms with Crippen LogP contribution in [0.1, 0.15) is 24.2 Å². The molecule has 0 saturated carbocycles. The van der Waals surface area contributed by atoms with Crippen LogP contribution in [0.3, 0.4) is 0 Å². The number of ether oxygens (including phenoxy) is 3. The van der Waals surface area contributed by atoms with Gasteiger partial charge in [0.25, 0.3) is 5.91 Å². The van der Waals surface area contributed by atoms with Crippen LogP contribution in [-0.2, 0) is 0 Å². The monoisotopic (exact) mass is 283 g/mol. The van der Waals surface area contributed by atoms with Crippen LogP contribution in [0.4, 0.5) is 0 Å². The Morgan fingerprint density at radius 2 is 1.75 bits per heavy atom. The fourth-order valence-corrected chi connectivity index (χ4v) is 1.67. The standard InChI is InChI=1S/C14H21NO5/c1-14(2,17)8-15-13(16)9-6-7-10(18-3)12(20-5)11(9)19-4/h6-7,17H,8H2,1-5H3,(H,15,16). The number of aliphatic hydroxyl groups is 1. The van der Waals surface area contributed by atoms with Gasteiger partial charge in [-0.2, -0.15) is 0 Å². The van der Waals surface area contributed by atoms with Crippen LogP contribution in [0.5, 0.6) is 17.2 Å². The van der Waals surface area contributed by atoms with Gasteiger partial charge in [-0.15, -0.1) is 0 Å². The second kappa shape index (κ2) is 6.47. The molecule has 1 aromatic rings. The molecule has 0 unspecified atom stereocenters. The Bertz CT molecular complexity index is 479. The Balaban J connectivity index is 3.09. The first-order chi connectivity index (χ1) is 9.34. The maximum absolute atomic E-state index is 12.1. The van der Waals surface area contributed by atoms with Gasteiger partial charge in [-0.3, -0.25) is 4.79 Å². The van der Waals surface area contributed by atoms with Crippen molar-refractivity contribution in [2.75, 3.05) is 27.9 Å². The van der Waals surface area contributed by atoms with Crippen molar-refractivity contribution in [3.05, 3.63) is 17.7 Å². The van der Waals surface area contributed by atoms with Gasteiger partial charge >= 0.3 is 0 Å². The Kier molecular flexibility index (Phi) is 5.21. The molecule has 0 fully saturated rings. The molecular formula is C14H21NO5. The summed E-state index contributed by atoms with van der Waals surface area (Å²) in [5.74, 6) is 0.763. The summed E-state index contributed by atoms with van der Waals surface area (Å²) in [7, 11) is 4.42. The summed E-state index contributed by atoms with van der Waals surface area (Å²) in [4.78, 5) is 12.1. The van der Waals surface area contributed by atoms with Crippen molar-refractivity contribution in [1.82, 2.24) is 5.32 Å². The highest BCUT2D eigenvalue weighted by molar-refractivity contribution is 5.98. The minimum absolute atomic E-state index is 0.128. The molecule has 6 heteroatoms. The maximum Gasteiger partial charge on any atom is 0.255 e. The van der Waals surface area contributed by atoms with Gasteiger partial charge in [-0.05, 0) is 26.0 Å². The zero-order valence-electron chi connectivity index (χ0n) is 12.4. The average Bonchev–Trinajstić information content (AvgIpc) is 2.41. The lowest BCUT2D eigenvalue weighted by atomic mass is 10.1. The number of amides is 1. The fraction of sp³-hybridized carbons (Fsp3) is 0.500. The Hall–Kier alpha value is -1.95. The Morgan fingerprint density at radius 3 is 2.20 bits per heavy atom. The molecule has 112 valence electrons. The van der Waals surface area contributed by atoms with E-state index in [1.165, 1.54) is 21.3 Å². The van der Waals surface area contributed by atoms with Crippen LogP contribution in [0.2, 0.25) is 0 Å². The molecule has 6 nitrogen and oxygen atoms in total. The van der Waals surface area contributed by atoms with Crippen LogP contribution >= 0.6 is 0 Å². The summed E-state index contributed by atoms with van der Waals surface area (Å²) in [6.45, 7) is 3.35. The number of hydrogen-bond acceptors (Lipinski definition) is 5. The molecule has 1 aromatic carbocycles. The smallest absolute Gasteiger partial charge is 0.255 e. The van der Waals surface area contributed by atoms with Crippen LogP contribution in [0, 0.1) is 0 Å². The van der Waals surface area contributed by atoms with E-state index in [1.54, 1.807) is 26.0 Å². The van der Waals surface area contributed by atoms with E-state index in [1.807, 2.05) is 0 Å². The summed E-state index contributed by atoms with van der Waals surface area (Å²) in [6.07, 6.45) is 0. The van der Waals surface area contributed by atoms with E-state index >= 15 is 0 Å². The first kappa shape index (κ1) is 16.1. The lowest BCUT2D eigenvalue weighted by Gasteiger charge is -2.19. The molecule has 0 radical (unpaired) electrons. The second-order valence-electron chi connectivity index (χ2n) is 4.88. The van der Waals surface area contributed by atoms with Crippen LogP contribution in [-0.4, -0.2) is 44.5 Å².